The Bertz CT molecular complexity index is 538. The van der Waals surface area contributed by atoms with Crippen molar-refractivity contribution in [2.45, 2.75) is 54.6 Å². The van der Waals surface area contributed by atoms with Crippen LogP contribution in [-0.2, 0) is 13.1 Å². The molecule has 20 heavy (non-hydrogen) atoms. The van der Waals surface area contributed by atoms with Crippen LogP contribution >= 0.6 is 0 Å². The fourth-order valence-corrected chi connectivity index (χ4v) is 3.17. The minimum Gasteiger partial charge on any atom is -0.194 e. The highest BCUT2D eigenvalue weighted by Gasteiger charge is 2.17. The van der Waals surface area contributed by atoms with Crippen molar-refractivity contribution >= 4 is 0 Å². The molecular formula is C18H26N2+2. The van der Waals surface area contributed by atoms with Crippen LogP contribution in [0.4, 0.5) is 0 Å². The highest BCUT2D eigenvalue weighted by atomic mass is 15.1. The first-order valence-corrected chi connectivity index (χ1v) is 7.34. The van der Waals surface area contributed by atoms with E-state index in [4.69, 9.17) is 0 Å². The van der Waals surface area contributed by atoms with E-state index in [0.717, 1.165) is 13.1 Å². The Hall–Kier alpha value is -1.70. The summed E-state index contributed by atoms with van der Waals surface area (Å²) in [4.78, 5) is 0. The molecule has 2 heteroatoms. The maximum Gasteiger partial charge on any atom is 0.207 e. The number of aryl methyl sites for hydroxylation is 6. The quantitative estimate of drug-likeness (QED) is 0.758. The first-order valence-electron chi connectivity index (χ1n) is 7.34. The third kappa shape index (κ3) is 3.06. The van der Waals surface area contributed by atoms with E-state index in [2.05, 4.69) is 74.9 Å². The third-order valence-corrected chi connectivity index (χ3v) is 4.00. The van der Waals surface area contributed by atoms with E-state index in [-0.39, 0.29) is 0 Å². The van der Waals surface area contributed by atoms with Gasteiger partial charge >= 0.3 is 0 Å². The van der Waals surface area contributed by atoms with Crippen LogP contribution in [0.2, 0.25) is 0 Å². The van der Waals surface area contributed by atoms with Gasteiger partial charge in [0.05, 0.1) is 0 Å². The molecule has 0 aliphatic heterocycles. The minimum absolute atomic E-state index is 1.02. The summed E-state index contributed by atoms with van der Waals surface area (Å²) in [6, 6.07) is 9.03. The summed E-state index contributed by atoms with van der Waals surface area (Å²) in [5.74, 6) is 0. The molecule has 0 radical (unpaired) electrons. The summed E-state index contributed by atoms with van der Waals surface area (Å²) in [5.41, 5.74) is 8.03. The van der Waals surface area contributed by atoms with Crippen molar-refractivity contribution in [1.82, 2.24) is 0 Å². The number of nitrogens with zero attached hydrogens (tertiary/aromatic N) is 2. The molecule has 0 amide bonds. The Labute approximate surface area is 122 Å². The van der Waals surface area contributed by atoms with E-state index in [1.165, 1.54) is 33.9 Å². The summed E-state index contributed by atoms with van der Waals surface area (Å²) in [6.45, 7) is 15.1. The Morgan fingerprint density at radius 2 is 0.800 bits per heavy atom. The number of pyridine rings is 2. The first kappa shape index (κ1) is 14.7. The first-order chi connectivity index (χ1) is 9.38. The average Bonchev–Trinajstić information content (AvgIpc) is 2.30. The van der Waals surface area contributed by atoms with Gasteiger partial charge in [-0.05, 0) is 25.0 Å². The van der Waals surface area contributed by atoms with Gasteiger partial charge in [0.15, 0.2) is 22.8 Å². The highest BCUT2D eigenvalue weighted by Crippen LogP contribution is 2.03. The zero-order valence-electron chi connectivity index (χ0n) is 13.6. The summed E-state index contributed by atoms with van der Waals surface area (Å²) in [7, 11) is 0. The van der Waals surface area contributed by atoms with E-state index in [1.807, 2.05) is 0 Å². The Morgan fingerprint density at radius 1 is 0.550 bits per heavy atom. The van der Waals surface area contributed by atoms with E-state index < -0.39 is 0 Å². The van der Waals surface area contributed by atoms with Crippen molar-refractivity contribution in [3.63, 3.8) is 0 Å². The van der Waals surface area contributed by atoms with Crippen LogP contribution in [-0.4, -0.2) is 0 Å². The second kappa shape index (κ2) is 5.74. The number of rotatable bonds is 3. The Kier molecular flexibility index (Phi) is 4.22. The lowest BCUT2D eigenvalue weighted by atomic mass is 10.2. The molecule has 106 valence electrons. The largest absolute Gasteiger partial charge is 0.207 e. The van der Waals surface area contributed by atoms with Crippen molar-refractivity contribution in [3.8, 4) is 0 Å². The lowest BCUT2D eigenvalue weighted by Crippen LogP contribution is -2.50. The monoisotopic (exact) mass is 270 g/mol. The molecule has 2 aromatic heterocycles. The molecule has 0 N–H and O–H groups in total. The molecule has 0 spiro atoms. The number of hydrogen-bond donors (Lipinski definition) is 0. The molecule has 0 aromatic carbocycles. The normalized spacial score (nSPS) is 10.9. The van der Waals surface area contributed by atoms with Gasteiger partial charge in [-0.3, -0.25) is 0 Å². The van der Waals surface area contributed by atoms with Crippen LogP contribution in [0.15, 0.2) is 24.3 Å². The van der Waals surface area contributed by atoms with Gasteiger partial charge < -0.3 is 0 Å². The topological polar surface area (TPSA) is 7.76 Å². The smallest absolute Gasteiger partial charge is 0.194 e. The van der Waals surface area contributed by atoms with Gasteiger partial charge in [0.25, 0.3) is 0 Å². The summed E-state index contributed by atoms with van der Waals surface area (Å²) in [5, 5.41) is 0. The molecule has 0 aliphatic carbocycles. The van der Waals surface area contributed by atoms with E-state index in [0.29, 0.717) is 0 Å². The maximum absolute atomic E-state index is 2.40. The fraction of sp³-hybridized carbons (Fsp3) is 0.444. The predicted molar refractivity (Wildman–Crippen MR) is 81.7 cm³/mol. The zero-order valence-corrected chi connectivity index (χ0v) is 13.6. The van der Waals surface area contributed by atoms with Crippen molar-refractivity contribution in [2.24, 2.45) is 0 Å². The van der Waals surface area contributed by atoms with Crippen LogP contribution in [0, 0.1) is 41.5 Å². The molecule has 0 saturated carbocycles. The van der Waals surface area contributed by atoms with Crippen LogP contribution in [0.3, 0.4) is 0 Å². The molecule has 0 atom stereocenters. The Balaban J connectivity index is 2.26. The molecule has 2 aromatic rings. The van der Waals surface area contributed by atoms with Crippen LogP contribution in [0.25, 0.3) is 0 Å². The second-order valence-electron chi connectivity index (χ2n) is 5.93. The van der Waals surface area contributed by atoms with Gasteiger partial charge in [-0.2, -0.15) is 9.13 Å². The summed E-state index contributed by atoms with van der Waals surface area (Å²) < 4.78 is 4.80. The molecule has 0 unspecified atom stereocenters. The SMILES string of the molecule is Cc1cc(C)[n+](CC[n+]2c(C)cc(C)cc2C)c(C)c1. The number of aromatic nitrogens is 2. The van der Waals surface area contributed by atoms with Crippen molar-refractivity contribution in [3.05, 3.63) is 58.2 Å². The van der Waals surface area contributed by atoms with Crippen molar-refractivity contribution < 1.29 is 9.13 Å². The summed E-state index contributed by atoms with van der Waals surface area (Å²) >= 11 is 0. The van der Waals surface area contributed by atoms with E-state index in [1.54, 1.807) is 0 Å². The van der Waals surface area contributed by atoms with Crippen LogP contribution in [0.1, 0.15) is 33.9 Å². The van der Waals surface area contributed by atoms with Crippen LogP contribution in [0.5, 0.6) is 0 Å². The molecule has 0 aliphatic rings. The van der Waals surface area contributed by atoms with Gasteiger partial charge in [0, 0.05) is 52.0 Å². The summed E-state index contributed by atoms with van der Waals surface area (Å²) in [6.07, 6.45) is 0. The highest BCUT2D eigenvalue weighted by molar-refractivity contribution is 5.14. The fourth-order valence-electron chi connectivity index (χ4n) is 3.17. The molecule has 0 bridgehead atoms. The van der Waals surface area contributed by atoms with Gasteiger partial charge in [-0.25, -0.2) is 0 Å². The van der Waals surface area contributed by atoms with Crippen molar-refractivity contribution in [2.75, 3.05) is 0 Å². The molecule has 0 fully saturated rings. The van der Waals surface area contributed by atoms with E-state index >= 15 is 0 Å². The predicted octanol–water partition coefficient (Wildman–Crippen LogP) is 2.81. The minimum atomic E-state index is 1.02. The molecule has 0 saturated heterocycles. The molecular weight excluding hydrogens is 244 g/mol. The second-order valence-corrected chi connectivity index (χ2v) is 5.93. The van der Waals surface area contributed by atoms with E-state index in [9.17, 15) is 0 Å². The standard InChI is InChI=1S/C18H26N2/c1-13-9-15(3)19(16(4)10-13)7-8-20-17(5)11-14(2)12-18(20)6/h9-12H,7-8H2,1-6H3/q+2. The Morgan fingerprint density at radius 3 is 1.05 bits per heavy atom. The van der Waals surface area contributed by atoms with Gasteiger partial charge in [0.2, 0.25) is 13.1 Å². The lowest BCUT2D eigenvalue weighted by Gasteiger charge is -2.07. The van der Waals surface area contributed by atoms with Crippen LogP contribution < -0.4 is 9.13 Å². The van der Waals surface area contributed by atoms with Gasteiger partial charge in [-0.15, -0.1) is 0 Å². The zero-order chi connectivity index (χ0) is 14.9. The van der Waals surface area contributed by atoms with Gasteiger partial charge in [-0.1, -0.05) is 0 Å². The molecule has 2 nitrogen and oxygen atoms in total. The maximum atomic E-state index is 2.40. The molecule has 2 rings (SSSR count). The number of hydrogen-bond acceptors (Lipinski definition) is 0. The molecule has 2 heterocycles. The third-order valence-electron chi connectivity index (χ3n) is 4.00. The average molecular weight is 270 g/mol. The van der Waals surface area contributed by atoms with Crippen molar-refractivity contribution in [1.29, 1.82) is 0 Å². The van der Waals surface area contributed by atoms with Gasteiger partial charge in [0.1, 0.15) is 0 Å². The lowest BCUT2D eigenvalue weighted by molar-refractivity contribution is -0.788.